The summed E-state index contributed by atoms with van der Waals surface area (Å²) in [5.74, 6) is 1.04. The van der Waals surface area contributed by atoms with Crippen molar-refractivity contribution in [1.82, 2.24) is 4.90 Å². The van der Waals surface area contributed by atoms with Crippen molar-refractivity contribution in [1.29, 1.82) is 0 Å². The molecular formula is C17H22ClN3O2. The van der Waals surface area contributed by atoms with Gasteiger partial charge in [0.1, 0.15) is 0 Å². The molecule has 0 unspecified atom stereocenters. The van der Waals surface area contributed by atoms with Crippen molar-refractivity contribution in [3.8, 4) is 0 Å². The Hall–Kier alpha value is -1.46. The Kier molecular flexibility index (Phi) is 3.65. The number of benzene rings is 1. The fourth-order valence-electron chi connectivity index (χ4n) is 4.39. The zero-order valence-electron chi connectivity index (χ0n) is 13.5. The van der Waals surface area contributed by atoms with Gasteiger partial charge in [-0.15, -0.1) is 0 Å². The molecular weight excluding hydrogens is 314 g/mol. The van der Waals surface area contributed by atoms with Crippen LogP contribution in [-0.4, -0.2) is 50.3 Å². The normalized spacial score (nSPS) is 31.3. The van der Waals surface area contributed by atoms with Gasteiger partial charge in [-0.1, -0.05) is 17.7 Å². The van der Waals surface area contributed by atoms with Gasteiger partial charge < -0.3 is 19.9 Å². The van der Waals surface area contributed by atoms with Crippen LogP contribution in [0.2, 0.25) is 5.02 Å². The van der Waals surface area contributed by atoms with Crippen molar-refractivity contribution in [2.24, 2.45) is 11.8 Å². The number of likely N-dealkylation sites (tertiary alicyclic amines) is 1. The van der Waals surface area contributed by atoms with Gasteiger partial charge >= 0.3 is 6.03 Å². The number of carbonyl (C=O) groups excluding carboxylic acids is 1. The van der Waals surface area contributed by atoms with Crippen LogP contribution in [0.5, 0.6) is 0 Å². The maximum atomic E-state index is 12.7. The molecule has 4 rings (SSSR count). The number of anilines is 2. The number of ether oxygens (including phenoxy) is 1. The van der Waals surface area contributed by atoms with Crippen LogP contribution in [0.25, 0.3) is 0 Å². The summed E-state index contributed by atoms with van der Waals surface area (Å²) in [5.41, 5.74) is 1.59. The molecule has 0 aliphatic carbocycles. The third-order valence-corrected chi connectivity index (χ3v) is 5.72. The van der Waals surface area contributed by atoms with E-state index in [0.717, 1.165) is 37.3 Å². The summed E-state index contributed by atoms with van der Waals surface area (Å²) >= 11 is 6.27. The van der Waals surface area contributed by atoms with E-state index in [0.29, 0.717) is 29.1 Å². The molecule has 4 atom stereocenters. The van der Waals surface area contributed by atoms with Crippen LogP contribution in [-0.2, 0) is 4.74 Å². The van der Waals surface area contributed by atoms with Gasteiger partial charge in [-0.25, -0.2) is 4.79 Å². The first-order chi connectivity index (χ1) is 11.0. The monoisotopic (exact) mass is 335 g/mol. The molecule has 3 heterocycles. The summed E-state index contributed by atoms with van der Waals surface area (Å²) in [6, 6.07) is 5.55. The molecule has 1 aromatic carbocycles. The minimum Gasteiger partial charge on any atom is -0.375 e. The molecule has 0 aromatic heterocycles. The molecule has 0 saturated carbocycles. The summed E-state index contributed by atoms with van der Waals surface area (Å²) in [6.45, 7) is 1.60. The van der Waals surface area contributed by atoms with Crippen LogP contribution in [0.1, 0.15) is 12.8 Å². The summed E-state index contributed by atoms with van der Waals surface area (Å²) in [4.78, 5) is 16.5. The number of hydrogen-bond acceptors (Lipinski definition) is 3. The maximum absolute atomic E-state index is 12.7. The van der Waals surface area contributed by atoms with E-state index in [1.54, 1.807) is 0 Å². The predicted molar refractivity (Wildman–Crippen MR) is 91.2 cm³/mol. The van der Waals surface area contributed by atoms with Gasteiger partial charge in [0.2, 0.25) is 0 Å². The quantitative estimate of drug-likeness (QED) is 0.903. The number of hydrogen-bond donors (Lipinski definition) is 1. The number of nitrogens with zero attached hydrogens (tertiary/aromatic N) is 2. The second-order valence-electron chi connectivity index (χ2n) is 6.98. The molecule has 23 heavy (non-hydrogen) atoms. The molecule has 124 valence electrons. The number of urea groups is 1. The molecule has 3 fully saturated rings. The lowest BCUT2D eigenvalue weighted by Gasteiger charge is -2.23. The van der Waals surface area contributed by atoms with Crippen LogP contribution in [0, 0.1) is 11.8 Å². The second kappa shape index (κ2) is 5.56. The molecule has 5 nitrogen and oxygen atoms in total. The SMILES string of the molecule is CN(C)c1c(Cl)cccc1NC(=O)N1C[C@H]2[C@H](C1)[C@H]1CC[C@H]2O1. The van der Waals surface area contributed by atoms with Gasteiger partial charge in [0, 0.05) is 39.0 Å². The smallest absolute Gasteiger partial charge is 0.321 e. The molecule has 1 aromatic rings. The third-order valence-electron chi connectivity index (χ3n) is 5.42. The maximum Gasteiger partial charge on any atom is 0.321 e. The van der Waals surface area contributed by atoms with E-state index < -0.39 is 0 Å². The van der Waals surface area contributed by atoms with Crippen LogP contribution in [0.3, 0.4) is 0 Å². The number of nitrogens with one attached hydrogen (secondary N) is 1. The Bertz CT molecular complexity index is 618. The molecule has 6 heteroatoms. The fraction of sp³-hybridized carbons (Fsp3) is 0.588. The van der Waals surface area contributed by atoms with E-state index >= 15 is 0 Å². The minimum absolute atomic E-state index is 0.0378. The van der Waals surface area contributed by atoms with Crippen molar-refractivity contribution in [2.45, 2.75) is 25.0 Å². The summed E-state index contributed by atoms with van der Waals surface area (Å²) < 4.78 is 5.97. The van der Waals surface area contributed by atoms with E-state index in [1.165, 1.54) is 0 Å². The molecule has 3 saturated heterocycles. The molecule has 0 spiro atoms. The zero-order chi connectivity index (χ0) is 16.1. The lowest BCUT2D eigenvalue weighted by atomic mass is 9.82. The van der Waals surface area contributed by atoms with Gasteiger partial charge in [-0.05, 0) is 25.0 Å². The van der Waals surface area contributed by atoms with Crippen LogP contribution in [0.15, 0.2) is 18.2 Å². The van der Waals surface area contributed by atoms with E-state index in [2.05, 4.69) is 5.32 Å². The first-order valence-electron chi connectivity index (χ1n) is 8.22. The lowest BCUT2D eigenvalue weighted by molar-refractivity contribution is 0.0747. The molecule has 3 aliphatic rings. The van der Waals surface area contributed by atoms with Crippen molar-refractivity contribution in [2.75, 3.05) is 37.4 Å². The van der Waals surface area contributed by atoms with Crippen LogP contribution in [0.4, 0.5) is 16.2 Å². The summed E-state index contributed by atoms with van der Waals surface area (Å²) in [7, 11) is 3.85. The molecule has 3 aliphatic heterocycles. The summed E-state index contributed by atoms with van der Waals surface area (Å²) in [5, 5.41) is 3.67. The molecule has 0 radical (unpaired) electrons. The Morgan fingerprint density at radius 2 is 1.91 bits per heavy atom. The highest BCUT2D eigenvalue weighted by Crippen LogP contribution is 2.47. The van der Waals surface area contributed by atoms with E-state index in [1.807, 2.05) is 42.1 Å². The minimum atomic E-state index is -0.0378. The number of halogens is 1. The highest BCUT2D eigenvalue weighted by molar-refractivity contribution is 6.34. The average Bonchev–Trinajstić information content (AvgIpc) is 3.19. The standard InChI is InChI=1S/C17H22ClN3O2/c1-20(2)16-12(18)4-3-5-13(16)19-17(22)21-8-10-11(9-21)15-7-6-14(10)23-15/h3-5,10-11,14-15H,6-9H2,1-2H3,(H,19,22)/t10-,11-,14+,15+/m0/s1. The molecule has 1 N–H and O–H groups in total. The summed E-state index contributed by atoms with van der Waals surface area (Å²) in [6.07, 6.45) is 3.04. The van der Waals surface area contributed by atoms with Crippen molar-refractivity contribution >= 4 is 29.0 Å². The number of rotatable bonds is 2. The zero-order valence-corrected chi connectivity index (χ0v) is 14.2. The first-order valence-corrected chi connectivity index (χ1v) is 8.59. The van der Waals surface area contributed by atoms with Gasteiger partial charge in [-0.2, -0.15) is 0 Å². The molecule has 2 bridgehead atoms. The van der Waals surface area contributed by atoms with E-state index in [-0.39, 0.29) is 6.03 Å². The fourth-order valence-corrected chi connectivity index (χ4v) is 4.73. The van der Waals surface area contributed by atoms with Crippen LogP contribution >= 0.6 is 11.6 Å². The number of amides is 2. The average molecular weight is 336 g/mol. The number of para-hydroxylation sites is 1. The second-order valence-corrected chi connectivity index (χ2v) is 7.39. The highest BCUT2D eigenvalue weighted by atomic mass is 35.5. The van der Waals surface area contributed by atoms with Crippen molar-refractivity contribution < 1.29 is 9.53 Å². The molecule has 2 amide bonds. The van der Waals surface area contributed by atoms with Gasteiger partial charge in [0.25, 0.3) is 0 Å². The Morgan fingerprint density at radius 3 is 2.52 bits per heavy atom. The number of fused-ring (bicyclic) bond motifs is 5. The predicted octanol–water partition coefficient (Wildman–Crippen LogP) is 3.05. The lowest BCUT2D eigenvalue weighted by Crippen LogP contribution is -2.35. The van der Waals surface area contributed by atoms with Gasteiger partial charge in [-0.3, -0.25) is 0 Å². The van der Waals surface area contributed by atoms with Gasteiger partial charge in [0.05, 0.1) is 28.6 Å². The van der Waals surface area contributed by atoms with Crippen molar-refractivity contribution in [3.63, 3.8) is 0 Å². The highest BCUT2D eigenvalue weighted by Gasteiger charge is 2.53. The Morgan fingerprint density at radius 1 is 1.26 bits per heavy atom. The van der Waals surface area contributed by atoms with Crippen LogP contribution < -0.4 is 10.2 Å². The number of carbonyl (C=O) groups is 1. The van der Waals surface area contributed by atoms with E-state index in [9.17, 15) is 4.79 Å². The Labute approximate surface area is 141 Å². The van der Waals surface area contributed by atoms with E-state index in [4.69, 9.17) is 16.3 Å². The third kappa shape index (κ3) is 2.46. The largest absolute Gasteiger partial charge is 0.375 e. The first kappa shape index (κ1) is 15.1. The van der Waals surface area contributed by atoms with Gasteiger partial charge in [0.15, 0.2) is 0 Å². The topological polar surface area (TPSA) is 44.8 Å². The Balaban J connectivity index is 1.48. The van der Waals surface area contributed by atoms with Crippen molar-refractivity contribution in [3.05, 3.63) is 23.2 Å².